The van der Waals surface area contributed by atoms with E-state index in [4.69, 9.17) is 13.9 Å². The lowest BCUT2D eigenvalue weighted by molar-refractivity contribution is -0.143. The third-order valence-electron chi connectivity index (χ3n) is 9.11. The second-order valence-corrected chi connectivity index (χ2v) is 17.2. The van der Waals surface area contributed by atoms with Gasteiger partial charge in [-0.15, -0.1) is 0 Å². The highest BCUT2D eigenvalue weighted by molar-refractivity contribution is 6.99. The summed E-state index contributed by atoms with van der Waals surface area (Å²) in [7, 11) is -2.60. The standard InChI is InChI=1S/C35H38FNO5Si/c1-23(38)40-21-26-20-37(34(39)42-26)25-15-16-29(33(36)19-25)24-17-30-31(18-24)32(30)22-41-43(35(2,3)4,27-11-7-5-8-12-27)28-13-9-6-10-14-28/h5-17,19,26,30-32H,18,20-22H2,1-4H3/t26-,30?,31?,32?/m1/s1. The smallest absolute Gasteiger partial charge is 0.414 e. The first-order valence-corrected chi connectivity index (χ1v) is 16.9. The highest BCUT2D eigenvalue weighted by atomic mass is 28.4. The van der Waals surface area contributed by atoms with Crippen LogP contribution in [0.15, 0.2) is 84.9 Å². The van der Waals surface area contributed by atoms with Crippen molar-refractivity contribution >= 4 is 42.0 Å². The summed E-state index contributed by atoms with van der Waals surface area (Å²) in [5.41, 5.74) is 2.01. The number of hydrogen-bond acceptors (Lipinski definition) is 5. The van der Waals surface area contributed by atoms with E-state index in [-0.39, 0.29) is 24.0 Å². The molecule has 2 aliphatic carbocycles. The maximum Gasteiger partial charge on any atom is 0.414 e. The Labute approximate surface area is 253 Å². The minimum Gasteiger partial charge on any atom is -0.462 e. The quantitative estimate of drug-likeness (QED) is 0.225. The summed E-state index contributed by atoms with van der Waals surface area (Å²) in [5, 5.41) is 2.48. The molecule has 6 rings (SSSR count). The maximum atomic E-state index is 15.4. The van der Waals surface area contributed by atoms with Crippen molar-refractivity contribution in [2.45, 2.75) is 45.3 Å². The average Bonchev–Trinajstić information content (AvgIpc) is 3.27. The van der Waals surface area contributed by atoms with Crippen LogP contribution in [0.2, 0.25) is 5.04 Å². The van der Waals surface area contributed by atoms with Gasteiger partial charge in [-0.25, -0.2) is 9.18 Å². The minimum atomic E-state index is -2.60. The molecule has 224 valence electrons. The van der Waals surface area contributed by atoms with E-state index in [1.54, 1.807) is 12.1 Å². The molecule has 1 aliphatic heterocycles. The van der Waals surface area contributed by atoms with Crippen molar-refractivity contribution in [3.05, 3.63) is 96.3 Å². The predicted molar refractivity (Wildman–Crippen MR) is 167 cm³/mol. The van der Waals surface area contributed by atoms with Gasteiger partial charge in [-0.1, -0.05) is 87.5 Å². The van der Waals surface area contributed by atoms with Gasteiger partial charge in [0, 0.05) is 19.1 Å². The summed E-state index contributed by atoms with van der Waals surface area (Å²) in [6, 6.07) is 26.3. The van der Waals surface area contributed by atoms with Gasteiger partial charge in [0.2, 0.25) is 0 Å². The van der Waals surface area contributed by atoms with Crippen LogP contribution in [0.5, 0.6) is 0 Å². The first-order chi connectivity index (χ1) is 20.6. The normalized spacial score (nSPS) is 23.0. The highest BCUT2D eigenvalue weighted by Crippen LogP contribution is 2.58. The number of carbonyl (C=O) groups is 2. The van der Waals surface area contributed by atoms with Gasteiger partial charge in [-0.3, -0.25) is 9.69 Å². The van der Waals surface area contributed by atoms with E-state index in [1.165, 1.54) is 28.3 Å². The lowest BCUT2D eigenvalue weighted by atomic mass is 10.00. The van der Waals surface area contributed by atoms with E-state index in [0.717, 1.165) is 12.0 Å². The molecule has 0 aromatic heterocycles. The molecule has 0 spiro atoms. The summed E-state index contributed by atoms with van der Waals surface area (Å²) in [4.78, 5) is 24.8. The Morgan fingerprint density at radius 1 is 1.00 bits per heavy atom. The van der Waals surface area contributed by atoms with Crippen LogP contribution in [0, 0.1) is 23.6 Å². The van der Waals surface area contributed by atoms with E-state index < -0.39 is 26.5 Å². The number of allylic oxidation sites excluding steroid dienone is 2. The summed E-state index contributed by atoms with van der Waals surface area (Å²) in [6.45, 7) is 9.03. The second-order valence-electron chi connectivity index (χ2n) is 12.9. The van der Waals surface area contributed by atoms with E-state index in [2.05, 4.69) is 87.5 Å². The van der Waals surface area contributed by atoms with Crippen molar-refractivity contribution in [3.63, 3.8) is 0 Å². The van der Waals surface area contributed by atoms with E-state index in [9.17, 15) is 9.59 Å². The zero-order valence-electron chi connectivity index (χ0n) is 25.1. The number of ether oxygens (including phenoxy) is 2. The number of rotatable bonds is 9. The SMILES string of the molecule is CC(=O)OC[C@H]1CN(c2ccc(C3=CC4C(CO[Si](c5ccccc5)(c5ccccc5)C(C)(C)C)C4C3)c(F)c2)C(=O)O1. The van der Waals surface area contributed by atoms with Gasteiger partial charge in [0.1, 0.15) is 12.4 Å². The summed E-state index contributed by atoms with van der Waals surface area (Å²) in [6.07, 6.45) is 1.88. The summed E-state index contributed by atoms with van der Waals surface area (Å²) in [5.74, 6) is 0.443. The van der Waals surface area contributed by atoms with Crippen molar-refractivity contribution in [1.82, 2.24) is 0 Å². The van der Waals surface area contributed by atoms with Crippen LogP contribution in [0.3, 0.4) is 0 Å². The van der Waals surface area contributed by atoms with E-state index in [1.807, 2.05) is 0 Å². The fourth-order valence-corrected chi connectivity index (χ4v) is 11.5. The van der Waals surface area contributed by atoms with Crippen LogP contribution in [-0.4, -0.2) is 46.2 Å². The predicted octanol–water partition coefficient (Wildman–Crippen LogP) is 5.94. The number of nitrogens with zero attached hydrogens (tertiary/aromatic N) is 1. The molecule has 8 heteroatoms. The Kier molecular flexibility index (Phi) is 7.77. The van der Waals surface area contributed by atoms with Gasteiger partial charge < -0.3 is 13.9 Å². The maximum absolute atomic E-state index is 15.4. The molecule has 6 nitrogen and oxygen atoms in total. The van der Waals surface area contributed by atoms with Crippen molar-refractivity contribution in [2.75, 3.05) is 24.7 Å². The minimum absolute atomic E-state index is 0.0191. The second kappa shape index (κ2) is 11.4. The topological polar surface area (TPSA) is 65.1 Å². The Balaban J connectivity index is 1.16. The number of fused-ring (bicyclic) bond motifs is 1. The molecule has 1 amide bonds. The Morgan fingerprint density at radius 3 is 2.19 bits per heavy atom. The van der Waals surface area contributed by atoms with Gasteiger partial charge in [0.15, 0.2) is 6.10 Å². The molecule has 0 bridgehead atoms. The van der Waals surface area contributed by atoms with Gasteiger partial charge >= 0.3 is 12.1 Å². The number of benzene rings is 3. The first kappa shape index (κ1) is 29.3. The fourth-order valence-electron chi connectivity index (χ4n) is 6.94. The number of amides is 1. The fraction of sp³-hybridized carbons (Fsp3) is 0.371. The zero-order chi connectivity index (χ0) is 30.4. The van der Waals surface area contributed by atoms with Crippen molar-refractivity contribution in [3.8, 4) is 0 Å². The van der Waals surface area contributed by atoms with Crippen LogP contribution in [0.25, 0.3) is 5.57 Å². The molecule has 0 N–H and O–H groups in total. The molecule has 1 saturated heterocycles. The lowest BCUT2D eigenvalue weighted by Crippen LogP contribution is -2.66. The highest BCUT2D eigenvalue weighted by Gasteiger charge is 2.56. The Morgan fingerprint density at radius 2 is 1.65 bits per heavy atom. The van der Waals surface area contributed by atoms with Crippen LogP contribution < -0.4 is 15.3 Å². The largest absolute Gasteiger partial charge is 0.462 e. The van der Waals surface area contributed by atoms with Crippen molar-refractivity contribution in [2.24, 2.45) is 17.8 Å². The molecule has 2 fully saturated rings. The molecule has 43 heavy (non-hydrogen) atoms. The first-order valence-electron chi connectivity index (χ1n) is 15.0. The molecule has 3 aromatic carbocycles. The van der Waals surface area contributed by atoms with E-state index >= 15 is 4.39 Å². The molecule has 1 saturated carbocycles. The zero-order valence-corrected chi connectivity index (χ0v) is 26.1. The lowest BCUT2D eigenvalue weighted by Gasteiger charge is -2.43. The molecular formula is C35H38FNO5Si. The molecule has 1 heterocycles. The molecular weight excluding hydrogens is 561 g/mol. The van der Waals surface area contributed by atoms with Gasteiger partial charge in [-0.05, 0) is 63.4 Å². The van der Waals surface area contributed by atoms with Crippen molar-refractivity contribution < 1.29 is 27.9 Å². The van der Waals surface area contributed by atoms with Crippen LogP contribution >= 0.6 is 0 Å². The number of anilines is 1. The molecule has 0 radical (unpaired) electrons. The number of carbonyl (C=O) groups excluding carboxylic acids is 2. The number of esters is 1. The van der Waals surface area contributed by atoms with Crippen molar-refractivity contribution in [1.29, 1.82) is 0 Å². The summed E-state index contributed by atoms with van der Waals surface area (Å²) < 4.78 is 32.8. The third-order valence-corrected chi connectivity index (χ3v) is 14.1. The monoisotopic (exact) mass is 599 g/mol. The van der Waals surface area contributed by atoms with Crippen LogP contribution in [0.1, 0.15) is 39.7 Å². The van der Waals surface area contributed by atoms with Crippen LogP contribution in [-0.2, 0) is 18.7 Å². The van der Waals surface area contributed by atoms with E-state index in [0.29, 0.717) is 35.6 Å². The molecule has 3 aliphatic rings. The summed E-state index contributed by atoms with van der Waals surface area (Å²) >= 11 is 0. The Bertz CT molecular complexity index is 1500. The number of hydrogen-bond donors (Lipinski definition) is 0. The average molecular weight is 600 g/mol. The molecule has 4 atom stereocenters. The van der Waals surface area contributed by atoms with Gasteiger partial charge in [0.25, 0.3) is 8.32 Å². The Hall–Kier alpha value is -3.75. The van der Waals surface area contributed by atoms with Gasteiger partial charge in [0.05, 0.1) is 12.2 Å². The van der Waals surface area contributed by atoms with Crippen LogP contribution in [0.4, 0.5) is 14.9 Å². The molecule has 3 aromatic rings. The van der Waals surface area contributed by atoms with Gasteiger partial charge in [-0.2, -0.15) is 0 Å². The third kappa shape index (κ3) is 5.54. The molecule has 3 unspecified atom stereocenters. The number of halogens is 1. The number of cyclic esters (lactones) is 1.